The van der Waals surface area contributed by atoms with Crippen LogP contribution in [0.2, 0.25) is 5.02 Å². The lowest BCUT2D eigenvalue weighted by Gasteiger charge is -2.43. The Morgan fingerprint density at radius 3 is 2.59 bits per heavy atom. The normalized spacial score (nSPS) is 15.8. The first kappa shape index (κ1) is 19.3. The molecule has 3 heteroatoms. The molecular weight excluding hydrogens is 352 g/mol. The third-order valence-electron chi connectivity index (χ3n) is 5.24. The zero-order chi connectivity index (χ0) is 19.8. The van der Waals surface area contributed by atoms with E-state index >= 15 is 0 Å². The molecule has 0 aromatic heterocycles. The van der Waals surface area contributed by atoms with Crippen LogP contribution in [0.25, 0.3) is 17.2 Å². The molecule has 2 nitrogen and oxygen atoms in total. The summed E-state index contributed by atoms with van der Waals surface area (Å²) in [6.45, 7) is 11.9. The molecule has 0 saturated carbocycles. The van der Waals surface area contributed by atoms with Crippen molar-refractivity contribution < 1.29 is 0 Å². The Morgan fingerprint density at radius 2 is 1.96 bits per heavy atom. The van der Waals surface area contributed by atoms with Gasteiger partial charge in [0, 0.05) is 22.8 Å². The predicted octanol–water partition coefficient (Wildman–Crippen LogP) is 6.73. The number of nitriles is 1. The molecule has 0 amide bonds. The smallest absolute Gasteiger partial charge is 0.0998 e. The summed E-state index contributed by atoms with van der Waals surface area (Å²) in [6.07, 6.45) is 4.29. The second-order valence-corrected chi connectivity index (χ2v) is 8.07. The van der Waals surface area contributed by atoms with Gasteiger partial charge in [-0.25, -0.2) is 0 Å². The van der Waals surface area contributed by atoms with Crippen molar-refractivity contribution in [2.45, 2.75) is 40.2 Å². The monoisotopic (exact) mass is 376 g/mol. The number of benzene rings is 2. The van der Waals surface area contributed by atoms with E-state index in [0.717, 1.165) is 23.2 Å². The molecule has 138 valence electrons. The van der Waals surface area contributed by atoms with Gasteiger partial charge in [-0.05, 0) is 87.2 Å². The maximum Gasteiger partial charge on any atom is 0.0998 e. The summed E-state index contributed by atoms with van der Waals surface area (Å²) in [5.74, 6) is 0. The molecule has 1 aliphatic rings. The lowest BCUT2D eigenvalue weighted by atomic mass is 9.86. The summed E-state index contributed by atoms with van der Waals surface area (Å²) >= 11 is 6.10. The van der Waals surface area contributed by atoms with E-state index in [0.29, 0.717) is 10.6 Å². The van der Waals surface area contributed by atoms with Crippen LogP contribution in [0.3, 0.4) is 0 Å². The topological polar surface area (TPSA) is 27.0 Å². The Morgan fingerprint density at radius 1 is 1.22 bits per heavy atom. The van der Waals surface area contributed by atoms with Crippen LogP contribution >= 0.6 is 11.6 Å². The Balaban J connectivity index is 2.14. The van der Waals surface area contributed by atoms with Gasteiger partial charge in [0.2, 0.25) is 0 Å². The Kier molecular flexibility index (Phi) is 5.18. The molecule has 0 saturated heterocycles. The molecule has 27 heavy (non-hydrogen) atoms. The van der Waals surface area contributed by atoms with E-state index in [1.165, 1.54) is 16.8 Å². The third-order valence-corrected chi connectivity index (χ3v) is 5.47. The van der Waals surface area contributed by atoms with Crippen LogP contribution < -0.4 is 4.90 Å². The quantitative estimate of drug-likeness (QED) is 0.438. The van der Waals surface area contributed by atoms with Gasteiger partial charge in [0.1, 0.15) is 0 Å². The number of aryl methyl sites for hydroxylation is 1. The third kappa shape index (κ3) is 3.66. The van der Waals surface area contributed by atoms with E-state index in [1.807, 2.05) is 30.3 Å². The fraction of sp³-hybridized carbons (Fsp3) is 0.292. The van der Waals surface area contributed by atoms with Gasteiger partial charge >= 0.3 is 0 Å². The van der Waals surface area contributed by atoms with Crippen LogP contribution in [0.5, 0.6) is 0 Å². The van der Waals surface area contributed by atoms with Crippen LogP contribution in [-0.2, 0) is 0 Å². The molecule has 1 heterocycles. The molecule has 0 bridgehead atoms. The van der Waals surface area contributed by atoms with Gasteiger partial charge in [-0.1, -0.05) is 29.8 Å². The average Bonchev–Trinajstić information content (AvgIpc) is 2.60. The summed E-state index contributed by atoms with van der Waals surface area (Å²) < 4.78 is 0. The van der Waals surface area contributed by atoms with Crippen LogP contribution in [0.15, 0.2) is 42.5 Å². The van der Waals surface area contributed by atoms with Gasteiger partial charge in [0.05, 0.1) is 17.2 Å². The standard InChI is InChI=1S/C24H25ClN2/c1-6-27-23-10-16(2)19(13-22(23)17(3)14-24(27,4)5)11-20(15-26)18-8-7-9-21(25)12-18/h7-14H,6H2,1-5H3/b20-11-. The molecule has 0 N–H and O–H groups in total. The van der Waals surface area contributed by atoms with Crippen molar-refractivity contribution in [2.24, 2.45) is 0 Å². The first-order valence-electron chi connectivity index (χ1n) is 9.26. The number of hydrogen-bond donors (Lipinski definition) is 0. The first-order valence-corrected chi connectivity index (χ1v) is 9.64. The van der Waals surface area contributed by atoms with Gasteiger partial charge < -0.3 is 4.90 Å². The largest absolute Gasteiger partial charge is 0.363 e. The number of halogens is 1. The summed E-state index contributed by atoms with van der Waals surface area (Å²) in [7, 11) is 0. The van der Waals surface area contributed by atoms with Crippen LogP contribution in [0.4, 0.5) is 5.69 Å². The lowest BCUT2D eigenvalue weighted by Crippen LogP contribution is -2.44. The van der Waals surface area contributed by atoms with Crippen molar-refractivity contribution in [3.63, 3.8) is 0 Å². The molecule has 0 spiro atoms. The highest BCUT2D eigenvalue weighted by atomic mass is 35.5. The van der Waals surface area contributed by atoms with Crippen molar-refractivity contribution in [2.75, 3.05) is 11.4 Å². The molecule has 2 aromatic rings. The summed E-state index contributed by atoms with van der Waals surface area (Å²) in [5.41, 5.74) is 7.44. The molecule has 0 aliphatic carbocycles. The molecule has 1 aliphatic heterocycles. The summed E-state index contributed by atoms with van der Waals surface area (Å²) in [5, 5.41) is 10.3. The van der Waals surface area contributed by atoms with E-state index in [1.54, 1.807) is 0 Å². The minimum atomic E-state index is -0.00572. The fourth-order valence-corrected chi connectivity index (χ4v) is 4.16. The minimum absolute atomic E-state index is 0.00572. The number of fused-ring (bicyclic) bond motifs is 1. The van der Waals surface area contributed by atoms with E-state index in [9.17, 15) is 5.26 Å². The van der Waals surface area contributed by atoms with E-state index < -0.39 is 0 Å². The maximum atomic E-state index is 9.68. The highest BCUT2D eigenvalue weighted by molar-refractivity contribution is 6.30. The average molecular weight is 377 g/mol. The van der Waals surface area contributed by atoms with Crippen molar-refractivity contribution in [1.29, 1.82) is 5.26 Å². The molecule has 0 atom stereocenters. The van der Waals surface area contributed by atoms with Crippen LogP contribution in [-0.4, -0.2) is 12.1 Å². The molecule has 0 radical (unpaired) electrons. The molecular formula is C24H25ClN2. The zero-order valence-electron chi connectivity index (χ0n) is 16.6. The summed E-state index contributed by atoms with van der Waals surface area (Å²) in [6, 6.07) is 14.2. The summed E-state index contributed by atoms with van der Waals surface area (Å²) in [4.78, 5) is 2.43. The highest BCUT2D eigenvalue weighted by Crippen LogP contribution is 2.40. The lowest BCUT2D eigenvalue weighted by molar-refractivity contribution is 0.566. The van der Waals surface area contributed by atoms with E-state index in [-0.39, 0.29) is 5.54 Å². The van der Waals surface area contributed by atoms with E-state index in [2.05, 4.69) is 63.8 Å². The number of anilines is 1. The number of hydrogen-bond acceptors (Lipinski definition) is 2. The SMILES string of the molecule is CCN1c2cc(C)c(/C=C(/C#N)c3cccc(Cl)c3)cc2C(C)=CC1(C)C. The number of nitrogens with zero attached hydrogens (tertiary/aromatic N) is 2. The van der Waals surface area contributed by atoms with Gasteiger partial charge in [-0.15, -0.1) is 0 Å². The zero-order valence-corrected chi connectivity index (χ0v) is 17.4. The molecule has 2 aromatic carbocycles. The van der Waals surface area contributed by atoms with Gasteiger partial charge in [-0.3, -0.25) is 0 Å². The second-order valence-electron chi connectivity index (χ2n) is 7.63. The van der Waals surface area contributed by atoms with Crippen molar-refractivity contribution in [3.8, 4) is 6.07 Å². The highest BCUT2D eigenvalue weighted by Gasteiger charge is 2.30. The van der Waals surface area contributed by atoms with Gasteiger partial charge in [0.25, 0.3) is 0 Å². The van der Waals surface area contributed by atoms with Gasteiger partial charge in [-0.2, -0.15) is 5.26 Å². The minimum Gasteiger partial charge on any atom is -0.363 e. The Labute approximate surface area is 167 Å². The molecule has 0 fully saturated rings. The number of allylic oxidation sites excluding steroid dienone is 2. The van der Waals surface area contributed by atoms with E-state index in [4.69, 9.17) is 11.6 Å². The van der Waals surface area contributed by atoms with Crippen molar-refractivity contribution in [1.82, 2.24) is 0 Å². The number of rotatable bonds is 3. The second kappa shape index (κ2) is 7.25. The predicted molar refractivity (Wildman–Crippen MR) is 117 cm³/mol. The molecule has 0 unspecified atom stereocenters. The van der Waals surface area contributed by atoms with Crippen LogP contribution in [0.1, 0.15) is 49.9 Å². The van der Waals surface area contributed by atoms with Crippen molar-refractivity contribution >= 4 is 34.5 Å². The Hall–Kier alpha value is -2.50. The molecule has 3 rings (SSSR count). The van der Waals surface area contributed by atoms with Gasteiger partial charge in [0.15, 0.2) is 0 Å². The first-order chi connectivity index (χ1) is 12.8. The van der Waals surface area contributed by atoms with Crippen LogP contribution in [0, 0.1) is 18.3 Å². The maximum absolute atomic E-state index is 9.68. The number of likely N-dealkylation sites (N-methyl/N-ethyl adjacent to an activating group) is 1. The Bertz CT molecular complexity index is 990. The van der Waals surface area contributed by atoms with Crippen molar-refractivity contribution in [3.05, 3.63) is 69.8 Å². The fourth-order valence-electron chi connectivity index (χ4n) is 3.97.